The fourth-order valence-corrected chi connectivity index (χ4v) is 2.66. The number of thiophene rings is 1. The molecule has 0 fully saturated rings. The van der Waals surface area contributed by atoms with Gasteiger partial charge in [0.15, 0.2) is 0 Å². The molecule has 4 nitrogen and oxygen atoms in total. The zero-order valence-electron chi connectivity index (χ0n) is 9.14. The number of aromatic nitrogens is 2. The normalized spacial score (nSPS) is 13.4. The molecule has 0 aromatic carbocycles. The molecule has 0 radical (unpaired) electrons. The van der Waals surface area contributed by atoms with Crippen LogP contribution in [0.25, 0.3) is 0 Å². The topological polar surface area (TPSA) is 54.9 Å². The molecule has 17 heavy (non-hydrogen) atoms. The van der Waals surface area contributed by atoms with Crippen LogP contribution in [-0.4, -0.2) is 15.9 Å². The summed E-state index contributed by atoms with van der Waals surface area (Å²) in [6.45, 7) is 0. The van der Waals surface area contributed by atoms with Gasteiger partial charge in [0.25, 0.3) is 5.91 Å². The van der Waals surface area contributed by atoms with Gasteiger partial charge in [-0.1, -0.05) is 6.07 Å². The van der Waals surface area contributed by atoms with E-state index in [4.69, 9.17) is 0 Å². The third kappa shape index (κ3) is 1.93. The minimum atomic E-state index is -0.0900. The summed E-state index contributed by atoms with van der Waals surface area (Å²) in [6.07, 6.45) is 4.56. The summed E-state index contributed by atoms with van der Waals surface area (Å²) < 4.78 is 0. The van der Waals surface area contributed by atoms with Crippen molar-refractivity contribution in [1.82, 2.24) is 9.97 Å². The number of nitrogens with zero attached hydrogens (tertiary/aromatic N) is 2. The van der Waals surface area contributed by atoms with Crippen molar-refractivity contribution in [3.8, 4) is 0 Å². The molecule has 3 rings (SSSR count). The number of aryl methyl sites for hydroxylation is 1. The summed E-state index contributed by atoms with van der Waals surface area (Å²) in [5.74, 6) is 0.582. The standard InChI is InChI=1S/C12H11N3OS/c16-12(10-5-2-6-17-10)15-11-8-3-1-4-9(8)13-7-14-11/h2,5-7H,1,3-4H2,(H,13,14,15,16). The first kappa shape index (κ1) is 10.4. The highest BCUT2D eigenvalue weighted by Gasteiger charge is 2.18. The van der Waals surface area contributed by atoms with Gasteiger partial charge in [-0.15, -0.1) is 11.3 Å². The Morgan fingerprint density at radius 3 is 3.12 bits per heavy atom. The van der Waals surface area contributed by atoms with Crippen molar-refractivity contribution in [2.75, 3.05) is 5.32 Å². The maximum Gasteiger partial charge on any atom is 0.266 e. The summed E-state index contributed by atoms with van der Waals surface area (Å²) in [7, 11) is 0. The van der Waals surface area contributed by atoms with Crippen molar-refractivity contribution in [3.63, 3.8) is 0 Å². The number of carbonyl (C=O) groups is 1. The lowest BCUT2D eigenvalue weighted by molar-refractivity contribution is 0.103. The van der Waals surface area contributed by atoms with Crippen LogP contribution in [0, 0.1) is 0 Å². The molecule has 1 aliphatic carbocycles. The van der Waals surface area contributed by atoms with E-state index < -0.39 is 0 Å². The Kier molecular flexibility index (Phi) is 2.60. The smallest absolute Gasteiger partial charge is 0.266 e. The lowest BCUT2D eigenvalue weighted by atomic mass is 10.2. The largest absolute Gasteiger partial charge is 0.306 e. The van der Waals surface area contributed by atoms with E-state index in [0.29, 0.717) is 10.7 Å². The van der Waals surface area contributed by atoms with Crippen LogP contribution in [0.3, 0.4) is 0 Å². The van der Waals surface area contributed by atoms with Crippen LogP contribution < -0.4 is 5.32 Å². The Bertz CT molecular complexity index is 551. The first-order chi connectivity index (χ1) is 8.34. The van der Waals surface area contributed by atoms with Gasteiger partial charge in [0.1, 0.15) is 12.1 Å². The van der Waals surface area contributed by atoms with Crippen molar-refractivity contribution < 1.29 is 4.79 Å². The molecule has 2 aromatic rings. The lowest BCUT2D eigenvalue weighted by Gasteiger charge is -2.07. The van der Waals surface area contributed by atoms with E-state index in [1.54, 1.807) is 6.07 Å². The number of hydrogen-bond donors (Lipinski definition) is 1. The minimum Gasteiger partial charge on any atom is -0.306 e. The van der Waals surface area contributed by atoms with Crippen LogP contribution >= 0.6 is 11.3 Å². The molecule has 0 saturated carbocycles. The highest BCUT2D eigenvalue weighted by Crippen LogP contribution is 2.25. The maximum absolute atomic E-state index is 11.9. The molecule has 0 saturated heterocycles. The van der Waals surface area contributed by atoms with Crippen LogP contribution in [-0.2, 0) is 12.8 Å². The van der Waals surface area contributed by atoms with Crippen LogP contribution in [0.5, 0.6) is 0 Å². The first-order valence-electron chi connectivity index (χ1n) is 5.52. The number of rotatable bonds is 2. The molecule has 2 heterocycles. The third-order valence-corrected chi connectivity index (χ3v) is 3.72. The van der Waals surface area contributed by atoms with E-state index in [9.17, 15) is 4.79 Å². The molecule has 2 aromatic heterocycles. The van der Waals surface area contributed by atoms with Crippen LogP contribution in [0.2, 0.25) is 0 Å². The van der Waals surface area contributed by atoms with E-state index in [-0.39, 0.29) is 5.91 Å². The quantitative estimate of drug-likeness (QED) is 0.883. The molecule has 1 amide bonds. The lowest BCUT2D eigenvalue weighted by Crippen LogP contribution is -2.13. The van der Waals surface area contributed by atoms with Gasteiger partial charge in [-0.3, -0.25) is 4.79 Å². The van der Waals surface area contributed by atoms with Crippen molar-refractivity contribution in [2.24, 2.45) is 0 Å². The molecule has 0 atom stereocenters. The van der Waals surface area contributed by atoms with Crippen molar-refractivity contribution in [2.45, 2.75) is 19.3 Å². The number of anilines is 1. The second-order valence-corrected chi connectivity index (χ2v) is 4.88. The molecule has 1 aliphatic rings. The average molecular weight is 245 g/mol. The Hall–Kier alpha value is -1.75. The van der Waals surface area contributed by atoms with E-state index in [0.717, 1.165) is 30.5 Å². The predicted octanol–water partition coefficient (Wildman–Crippen LogP) is 2.28. The summed E-state index contributed by atoms with van der Waals surface area (Å²) in [6, 6.07) is 3.67. The van der Waals surface area contributed by atoms with Gasteiger partial charge < -0.3 is 5.32 Å². The van der Waals surface area contributed by atoms with Gasteiger partial charge in [-0.25, -0.2) is 9.97 Å². The Labute approximate surface area is 103 Å². The second kappa shape index (κ2) is 4.25. The van der Waals surface area contributed by atoms with Crippen molar-refractivity contribution in [3.05, 3.63) is 40.0 Å². The van der Waals surface area contributed by atoms with Gasteiger partial charge in [0, 0.05) is 11.3 Å². The predicted molar refractivity (Wildman–Crippen MR) is 66.3 cm³/mol. The maximum atomic E-state index is 11.9. The number of fused-ring (bicyclic) bond motifs is 1. The number of nitrogens with one attached hydrogen (secondary N) is 1. The molecular weight excluding hydrogens is 234 g/mol. The van der Waals surface area contributed by atoms with Gasteiger partial charge in [0.05, 0.1) is 4.88 Å². The summed E-state index contributed by atoms with van der Waals surface area (Å²) in [5.41, 5.74) is 2.17. The zero-order valence-corrected chi connectivity index (χ0v) is 9.96. The Morgan fingerprint density at radius 2 is 2.29 bits per heavy atom. The van der Waals surface area contributed by atoms with Crippen molar-refractivity contribution in [1.29, 1.82) is 0 Å². The van der Waals surface area contributed by atoms with E-state index in [1.807, 2.05) is 11.4 Å². The van der Waals surface area contributed by atoms with Crippen LogP contribution in [0.1, 0.15) is 27.3 Å². The fraction of sp³-hybridized carbons (Fsp3) is 0.250. The SMILES string of the molecule is O=C(Nc1ncnc2c1CCC2)c1cccs1. The zero-order chi connectivity index (χ0) is 11.7. The Morgan fingerprint density at radius 1 is 1.35 bits per heavy atom. The van der Waals surface area contributed by atoms with Crippen LogP contribution in [0.4, 0.5) is 5.82 Å². The van der Waals surface area contributed by atoms with E-state index in [2.05, 4.69) is 15.3 Å². The average Bonchev–Trinajstić information content (AvgIpc) is 3.00. The third-order valence-electron chi connectivity index (χ3n) is 2.85. The monoisotopic (exact) mass is 245 g/mol. The molecule has 1 N–H and O–H groups in total. The molecule has 0 aliphatic heterocycles. The van der Waals surface area contributed by atoms with Gasteiger partial charge in [-0.2, -0.15) is 0 Å². The van der Waals surface area contributed by atoms with Gasteiger partial charge in [0.2, 0.25) is 0 Å². The van der Waals surface area contributed by atoms with Crippen molar-refractivity contribution >= 4 is 23.1 Å². The summed E-state index contributed by atoms with van der Waals surface area (Å²) in [5, 5.41) is 4.75. The number of amides is 1. The molecule has 0 unspecified atom stereocenters. The van der Waals surface area contributed by atoms with Gasteiger partial charge >= 0.3 is 0 Å². The number of carbonyl (C=O) groups excluding carboxylic acids is 1. The molecule has 0 spiro atoms. The van der Waals surface area contributed by atoms with E-state index >= 15 is 0 Å². The first-order valence-corrected chi connectivity index (χ1v) is 6.40. The molecule has 86 valence electrons. The van der Waals surface area contributed by atoms with Gasteiger partial charge in [-0.05, 0) is 30.7 Å². The van der Waals surface area contributed by atoms with Crippen LogP contribution in [0.15, 0.2) is 23.8 Å². The highest BCUT2D eigenvalue weighted by molar-refractivity contribution is 7.12. The Balaban J connectivity index is 1.87. The number of hydrogen-bond acceptors (Lipinski definition) is 4. The summed E-state index contributed by atoms with van der Waals surface area (Å²) in [4.78, 5) is 21.0. The molecule has 5 heteroatoms. The molecule has 0 bridgehead atoms. The fourth-order valence-electron chi connectivity index (χ4n) is 2.04. The van der Waals surface area contributed by atoms with E-state index in [1.165, 1.54) is 17.7 Å². The summed E-state index contributed by atoms with van der Waals surface area (Å²) >= 11 is 1.43. The minimum absolute atomic E-state index is 0.0900. The highest BCUT2D eigenvalue weighted by atomic mass is 32.1. The second-order valence-electron chi connectivity index (χ2n) is 3.93. The molecular formula is C12H11N3OS.